The fourth-order valence-electron chi connectivity index (χ4n) is 0.978. The van der Waals surface area contributed by atoms with Gasteiger partial charge < -0.3 is 14.9 Å². The highest BCUT2D eigenvalue weighted by Gasteiger charge is 2.07. The topological polar surface area (TPSA) is 43.8 Å². The maximum atomic E-state index is 10.4. The molecule has 0 aromatic heterocycles. The number of hydrogen-bond donors (Lipinski definition) is 1. The first-order valence-corrected chi connectivity index (χ1v) is 4.55. The van der Waals surface area contributed by atoms with E-state index >= 15 is 0 Å². The molecule has 78 valence electrons. The van der Waals surface area contributed by atoms with Crippen molar-refractivity contribution in [1.82, 2.24) is 9.80 Å². The Hall–Kier alpha value is -0.770. The summed E-state index contributed by atoms with van der Waals surface area (Å²) in [5.74, 6) is 0. The zero-order valence-corrected chi connectivity index (χ0v) is 8.95. The first-order valence-electron chi connectivity index (χ1n) is 4.55. The average molecular weight is 188 g/mol. The van der Waals surface area contributed by atoms with Crippen LogP contribution in [0.4, 0.5) is 4.79 Å². The van der Waals surface area contributed by atoms with Crippen molar-refractivity contribution in [1.29, 1.82) is 0 Å². The Morgan fingerprint density at radius 2 is 1.92 bits per heavy atom. The van der Waals surface area contributed by atoms with Gasteiger partial charge in [0.05, 0.1) is 0 Å². The highest BCUT2D eigenvalue weighted by Crippen LogP contribution is 2.02. The summed E-state index contributed by atoms with van der Waals surface area (Å²) in [6.07, 6.45) is 1.10. The molecule has 0 saturated carbocycles. The predicted molar refractivity (Wildman–Crippen MR) is 53.0 cm³/mol. The quantitative estimate of drug-likeness (QED) is 0.707. The molecule has 0 fully saturated rings. The van der Waals surface area contributed by atoms with Crippen molar-refractivity contribution in [3.8, 4) is 0 Å². The summed E-state index contributed by atoms with van der Waals surface area (Å²) in [4.78, 5) is 13.9. The third kappa shape index (κ3) is 5.47. The van der Waals surface area contributed by atoms with Gasteiger partial charge in [-0.2, -0.15) is 0 Å². The van der Waals surface area contributed by atoms with Gasteiger partial charge in [-0.3, -0.25) is 0 Å². The molecule has 0 spiro atoms. The number of carbonyl (C=O) groups is 1. The summed E-state index contributed by atoms with van der Waals surface area (Å²) in [7, 11) is 5.67. The summed E-state index contributed by atoms with van der Waals surface area (Å²) < 4.78 is 0. The van der Waals surface area contributed by atoms with Crippen LogP contribution >= 0.6 is 0 Å². The first kappa shape index (κ1) is 12.2. The Balaban J connectivity index is 3.50. The van der Waals surface area contributed by atoms with Gasteiger partial charge in [-0.15, -0.1) is 0 Å². The van der Waals surface area contributed by atoms with Crippen molar-refractivity contribution in [2.75, 3.05) is 27.7 Å². The van der Waals surface area contributed by atoms with Crippen molar-refractivity contribution in [2.24, 2.45) is 0 Å². The second-order valence-corrected chi connectivity index (χ2v) is 3.66. The maximum Gasteiger partial charge on any atom is 0.407 e. The lowest BCUT2D eigenvalue weighted by Crippen LogP contribution is -2.29. The van der Waals surface area contributed by atoms with Crippen LogP contribution in [0.2, 0.25) is 0 Å². The van der Waals surface area contributed by atoms with Crippen molar-refractivity contribution in [3.05, 3.63) is 0 Å². The molecule has 0 aliphatic rings. The van der Waals surface area contributed by atoms with E-state index in [0.717, 1.165) is 12.8 Å². The molecule has 0 aliphatic carbocycles. The highest BCUT2D eigenvalue weighted by atomic mass is 16.4. The summed E-state index contributed by atoms with van der Waals surface area (Å²) in [6.45, 7) is 2.76. The molecule has 1 atom stereocenters. The Morgan fingerprint density at radius 1 is 1.38 bits per heavy atom. The van der Waals surface area contributed by atoms with Crippen LogP contribution in [0.5, 0.6) is 0 Å². The number of nitrogens with zero attached hydrogens (tertiary/aromatic N) is 2. The van der Waals surface area contributed by atoms with Gasteiger partial charge in [-0.1, -0.05) is 0 Å². The third-order valence-electron chi connectivity index (χ3n) is 2.32. The standard InChI is InChI=1S/C9H20N2O2/c1-8(10(2)3)6-5-7-11(4)9(12)13/h8H,5-7H2,1-4H3,(H,12,13). The molecule has 0 radical (unpaired) electrons. The molecular weight excluding hydrogens is 168 g/mol. The molecule has 0 rings (SSSR count). The Kier molecular flexibility index (Phi) is 5.46. The molecule has 0 aromatic carbocycles. The molecule has 1 amide bonds. The zero-order chi connectivity index (χ0) is 10.4. The van der Waals surface area contributed by atoms with Crippen molar-refractivity contribution in [2.45, 2.75) is 25.8 Å². The lowest BCUT2D eigenvalue weighted by atomic mass is 10.1. The minimum atomic E-state index is -0.850. The van der Waals surface area contributed by atoms with Crippen LogP contribution in [0.3, 0.4) is 0 Å². The van der Waals surface area contributed by atoms with Gasteiger partial charge in [-0.25, -0.2) is 4.79 Å². The van der Waals surface area contributed by atoms with Gasteiger partial charge in [0.15, 0.2) is 0 Å². The van der Waals surface area contributed by atoms with E-state index in [1.807, 2.05) is 14.1 Å². The van der Waals surface area contributed by atoms with Crippen LogP contribution < -0.4 is 0 Å². The minimum Gasteiger partial charge on any atom is -0.465 e. The summed E-state index contributed by atoms with van der Waals surface area (Å²) in [6, 6.07) is 0.516. The molecular formula is C9H20N2O2. The van der Waals surface area contributed by atoms with Gasteiger partial charge in [0, 0.05) is 19.6 Å². The Bertz CT molecular complexity index is 160. The summed E-state index contributed by atoms with van der Waals surface area (Å²) in [5.41, 5.74) is 0. The molecule has 4 heteroatoms. The average Bonchev–Trinajstić information content (AvgIpc) is 2.03. The SMILES string of the molecule is CC(CCCN(C)C(=O)O)N(C)C. The lowest BCUT2D eigenvalue weighted by Gasteiger charge is -2.20. The zero-order valence-electron chi connectivity index (χ0n) is 8.95. The highest BCUT2D eigenvalue weighted by molar-refractivity contribution is 5.64. The Morgan fingerprint density at radius 3 is 2.31 bits per heavy atom. The molecule has 1 N–H and O–H groups in total. The molecule has 4 nitrogen and oxygen atoms in total. The van der Waals surface area contributed by atoms with Gasteiger partial charge in [0.2, 0.25) is 0 Å². The summed E-state index contributed by atoms with van der Waals surface area (Å²) in [5, 5.41) is 8.57. The number of amides is 1. The van der Waals surface area contributed by atoms with Gasteiger partial charge in [0.25, 0.3) is 0 Å². The van der Waals surface area contributed by atoms with E-state index in [1.165, 1.54) is 4.90 Å². The van der Waals surface area contributed by atoms with Crippen molar-refractivity contribution < 1.29 is 9.90 Å². The maximum absolute atomic E-state index is 10.4. The Labute approximate surface area is 80.1 Å². The minimum absolute atomic E-state index is 0.516. The smallest absolute Gasteiger partial charge is 0.407 e. The number of hydrogen-bond acceptors (Lipinski definition) is 2. The van der Waals surface area contributed by atoms with Gasteiger partial charge in [0.1, 0.15) is 0 Å². The van der Waals surface area contributed by atoms with Gasteiger partial charge in [-0.05, 0) is 33.9 Å². The van der Waals surface area contributed by atoms with Crippen LogP contribution in [-0.4, -0.2) is 54.7 Å². The molecule has 0 saturated heterocycles. The number of carboxylic acid groups (broad SMARTS) is 1. The number of rotatable bonds is 5. The van der Waals surface area contributed by atoms with Gasteiger partial charge >= 0.3 is 6.09 Å². The molecule has 0 bridgehead atoms. The van der Waals surface area contributed by atoms with E-state index in [0.29, 0.717) is 12.6 Å². The largest absolute Gasteiger partial charge is 0.465 e. The van der Waals surface area contributed by atoms with Crippen LogP contribution in [-0.2, 0) is 0 Å². The van der Waals surface area contributed by atoms with Crippen molar-refractivity contribution >= 4 is 6.09 Å². The van der Waals surface area contributed by atoms with E-state index in [-0.39, 0.29) is 0 Å². The van der Waals surface area contributed by atoms with E-state index in [2.05, 4.69) is 11.8 Å². The van der Waals surface area contributed by atoms with Crippen molar-refractivity contribution in [3.63, 3.8) is 0 Å². The van der Waals surface area contributed by atoms with E-state index in [4.69, 9.17) is 5.11 Å². The second-order valence-electron chi connectivity index (χ2n) is 3.66. The molecule has 13 heavy (non-hydrogen) atoms. The summed E-state index contributed by atoms with van der Waals surface area (Å²) >= 11 is 0. The first-order chi connectivity index (χ1) is 5.95. The van der Waals surface area contributed by atoms with E-state index in [1.54, 1.807) is 7.05 Å². The fraction of sp³-hybridized carbons (Fsp3) is 0.889. The predicted octanol–water partition coefficient (Wildman–Crippen LogP) is 1.33. The molecule has 0 heterocycles. The van der Waals surface area contributed by atoms with E-state index < -0.39 is 6.09 Å². The van der Waals surface area contributed by atoms with Crippen LogP contribution in [0.1, 0.15) is 19.8 Å². The molecule has 0 aromatic rings. The van der Waals surface area contributed by atoms with E-state index in [9.17, 15) is 4.79 Å². The fourth-order valence-corrected chi connectivity index (χ4v) is 0.978. The van der Waals surface area contributed by atoms with Crippen LogP contribution in [0.15, 0.2) is 0 Å². The second kappa shape index (κ2) is 5.80. The third-order valence-corrected chi connectivity index (χ3v) is 2.32. The molecule has 0 aliphatic heterocycles. The normalized spacial score (nSPS) is 13.0. The van der Waals surface area contributed by atoms with Crippen LogP contribution in [0.25, 0.3) is 0 Å². The lowest BCUT2D eigenvalue weighted by molar-refractivity contribution is 0.154. The monoisotopic (exact) mass is 188 g/mol. The molecule has 1 unspecified atom stereocenters. The van der Waals surface area contributed by atoms with Crippen LogP contribution in [0, 0.1) is 0 Å².